The second-order valence-corrected chi connectivity index (χ2v) is 15.5. The molecular formula is C35H43ClN6O8S. The molecule has 0 saturated heterocycles. The van der Waals surface area contributed by atoms with Crippen LogP contribution in [-0.2, 0) is 27.8 Å². The molecule has 3 aromatic carbocycles. The van der Waals surface area contributed by atoms with Crippen molar-refractivity contribution in [3.63, 3.8) is 0 Å². The van der Waals surface area contributed by atoms with E-state index in [1.807, 2.05) is 32.0 Å². The zero-order valence-corrected chi connectivity index (χ0v) is 30.3. The van der Waals surface area contributed by atoms with Gasteiger partial charge in [-0.1, -0.05) is 81.8 Å². The minimum atomic E-state index is -4.17. The Morgan fingerprint density at radius 1 is 1.02 bits per heavy atom. The number of carbonyl (C=O) groups excluding carboxylic acids is 1. The standard InChI is InChI=1S/C35H43ClN6O8S/c1-22(2)18-39(51(49,50)27-14-15-28(36)29(37)17-27)20-31(43)30(16-24-8-6-5-7-9-24)38-34(45)33(23(3)4)41-21-32(44)40(35(41)46)19-25-10-12-26(13-11-25)42(47)48/h5-15,17,21-23,30-31,33,43-44H,16,18-20,37H2,1-4H3,(H,38,45)/t30-,31+,33-/m0/s1. The zero-order chi connectivity index (χ0) is 37.6. The van der Waals surface area contributed by atoms with Gasteiger partial charge in [0.15, 0.2) is 0 Å². The van der Waals surface area contributed by atoms with Gasteiger partial charge in [-0.2, -0.15) is 4.31 Å². The van der Waals surface area contributed by atoms with Gasteiger partial charge >= 0.3 is 5.69 Å². The number of aliphatic hydroxyl groups excluding tert-OH is 1. The zero-order valence-electron chi connectivity index (χ0n) is 28.7. The Balaban J connectivity index is 1.65. The third-order valence-electron chi connectivity index (χ3n) is 8.33. The molecule has 1 aromatic heterocycles. The number of nitro groups is 1. The lowest BCUT2D eigenvalue weighted by atomic mass is 9.98. The van der Waals surface area contributed by atoms with Crippen LogP contribution in [-0.4, -0.2) is 68.1 Å². The highest BCUT2D eigenvalue weighted by atomic mass is 35.5. The number of nitrogens with two attached hydrogens (primary N) is 1. The minimum Gasteiger partial charge on any atom is -0.493 e. The van der Waals surface area contributed by atoms with Crippen molar-refractivity contribution in [2.45, 2.75) is 63.7 Å². The Hall–Kier alpha value is -4.70. The number of aliphatic hydroxyl groups is 1. The van der Waals surface area contributed by atoms with Crippen LogP contribution in [0.2, 0.25) is 5.02 Å². The number of hydrogen-bond donors (Lipinski definition) is 4. The average Bonchev–Trinajstić information content (AvgIpc) is 3.33. The number of nitrogen functional groups attached to an aromatic ring is 1. The molecule has 14 nitrogen and oxygen atoms in total. The van der Waals surface area contributed by atoms with Gasteiger partial charge in [-0.05, 0) is 47.6 Å². The molecule has 0 unspecified atom stereocenters. The van der Waals surface area contributed by atoms with Crippen molar-refractivity contribution in [2.75, 3.05) is 18.8 Å². The molecule has 1 amide bonds. The number of aromatic hydroxyl groups is 1. The minimum absolute atomic E-state index is 0.0551. The van der Waals surface area contributed by atoms with E-state index in [0.717, 1.165) is 25.2 Å². The van der Waals surface area contributed by atoms with Crippen molar-refractivity contribution >= 4 is 38.9 Å². The van der Waals surface area contributed by atoms with Crippen molar-refractivity contribution < 1.29 is 28.3 Å². The molecule has 0 spiro atoms. The van der Waals surface area contributed by atoms with Crippen LogP contribution in [0, 0.1) is 22.0 Å². The SMILES string of the molecule is CC(C)CN(C[C@@H](O)[C@H](Cc1ccccc1)NC(=O)[C@H](C(C)C)n1cc(O)n(Cc2ccc([N+](=O)[O-])cc2)c1=O)S(=O)(=O)c1ccc(Cl)c(N)c1. The second kappa shape index (κ2) is 16.5. The molecule has 5 N–H and O–H groups in total. The molecule has 0 fully saturated rings. The van der Waals surface area contributed by atoms with Crippen molar-refractivity contribution in [1.29, 1.82) is 0 Å². The van der Waals surface area contributed by atoms with Crippen LogP contribution in [0.3, 0.4) is 0 Å². The Bertz CT molecular complexity index is 2000. The first-order valence-corrected chi connectivity index (χ1v) is 18.1. The fourth-order valence-corrected chi connectivity index (χ4v) is 7.53. The molecule has 0 aliphatic rings. The number of imidazole rings is 1. The molecule has 4 aromatic rings. The van der Waals surface area contributed by atoms with Gasteiger partial charge in [-0.3, -0.25) is 24.0 Å². The maximum atomic E-state index is 14.1. The Morgan fingerprint density at radius 3 is 2.24 bits per heavy atom. The molecule has 0 saturated carbocycles. The number of benzene rings is 3. The van der Waals surface area contributed by atoms with Gasteiger partial charge in [0.1, 0.15) is 6.04 Å². The summed E-state index contributed by atoms with van der Waals surface area (Å²) in [7, 11) is -4.17. The van der Waals surface area contributed by atoms with Gasteiger partial charge in [0.05, 0.1) is 45.4 Å². The van der Waals surface area contributed by atoms with Crippen LogP contribution in [0.4, 0.5) is 11.4 Å². The summed E-state index contributed by atoms with van der Waals surface area (Å²) in [6.07, 6.45) is -0.129. The number of carbonyl (C=O) groups is 1. The maximum Gasteiger partial charge on any atom is 0.332 e. The summed E-state index contributed by atoms with van der Waals surface area (Å²) in [5.74, 6) is -1.66. The number of rotatable bonds is 16. The topological polar surface area (TPSA) is 203 Å². The molecule has 1 heterocycles. The predicted octanol–water partition coefficient (Wildman–Crippen LogP) is 4.18. The molecule has 274 valence electrons. The highest BCUT2D eigenvalue weighted by molar-refractivity contribution is 7.89. The molecule has 0 bridgehead atoms. The Morgan fingerprint density at radius 2 is 1.67 bits per heavy atom. The van der Waals surface area contributed by atoms with Crippen LogP contribution in [0.5, 0.6) is 5.88 Å². The van der Waals surface area contributed by atoms with Crippen molar-refractivity contribution in [2.24, 2.45) is 11.8 Å². The molecular weight excluding hydrogens is 700 g/mol. The van der Waals surface area contributed by atoms with Gasteiger partial charge in [-0.15, -0.1) is 0 Å². The summed E-state index contributed by atoms with van der Waals surface area (Å²) >= 11 is 6.04. The fraction of sp³-hybridized carbons (Fsp3) is 0.371. The monoisotopic (exact) mass is 742 g/mol. The maximum absolute atomic E-state index is 14.1. The van der Waals surface area contributed by atoms with Crippen molar-refractivity contribution in [1.82, 2.24) is 18.8 Å². The van der Waals surface area contributed by atoms with E-state index < -0.39 is 56.5 Å². The lowest BCUT2D eigenvalue weighted by molar-refractivity contribution is -0.384. The number of nitrogens with one attached hydrogen (secondary N) is 1. The number of nitro benzene ring substituents is 1. The Kier molecular flexibility index (Phi) is 12.7. The summed E-state index contributed by atoms with van der Waals surface area (Å²) in [4.78, 5) is 38.1. The van der Waals surface area contributed by atoms with Crippen LogP contribution < -0.4 is 16.7 Å². The molecule has 51 heavy (non-hydrogen) atoms. The lowest BCUT2D eigenvalue weighted by Gasteiger charge is -2.32. The van der Waals surface area contributed by atoms with Crippen molar-refractivity contribution in [3.05, 3.63) is 116 Å². The third kappa shape index (κ3) is 9.55. The molecule has 4 rings (SSSR count). The van der Waals surface area contributed by atoms with Gasteiger partial charge < -0.3 is 21.3 Å². The van der Waals surface area contributed by atoms with E-state index in [-0.39, 0.29) is 53.3 Å². The number of hydrogen-bond acceptors (Lipinski definition) is 9. The first-order chi connectivity index (χ1) is 24.0. The van der Waals surface area contributed by atoms with E-state index in [4.69, 9.17) is 17.3 Å². The second-order valence-electron chi connectivity index (χ2n) is 13.1. The van der Waals surface area contributed by atoms with Gasteiger partial charge in [0, 0.05) is 25.2 Å². The number of sulfonamides is 1. The lowest BCUT2D eigenvalue weighted by Crippen LogP contribution is -2.53. The van der Waals surface area contributed by atoms with E-state index in [1.54, 1.807) is 26.0 Å². The van der Waals surface area contributed by atoms with E-state index in [9.17, 15) is 38.3 Å². The molecule has 3 atom stereocenters. The summed E-state index contributed by atoms with van der Waals surface area (Å²) in [5, 5.41) is 36.6. The first kappa shape index (κ1) is 39.1. The summed E-state index contributed by atoms with van der Waals surface area (Å²) in [6.45, 7) is 6.68. The highest BCUT2D eigenvalue weighted by Gasteiger charge is 2.34. The predicted molar refractivity (Wildman–Crippen MR) is 194 cm³/mol. The number of nitrogens with zero attached hydrogens (tertiary/aromatic N) is 4. The largest absolute Gasteiger partial charge is 0.493 e. The summed E-state index contributed by atoms with van der Waals surface area (Å²) in [6, 6.07) is 16.4. The van der Waals surface area contributed by atoms with Crippen molar-refractivity contribution in [3.8, 4) is 5.88 Å². The number of aromatic nitrogens is 2. The fourth-order valence-electron chi connectivity index (χ4n) is 5.76. The normalized spacial score (nSPS) is 13.7. The van der Waals surface area contributed by atoms with Gasteiger partial charge in [0.25, 0.3) is 5.69 Å². The third-order valence-corrected chi connectivity index (χ3v) is 10.5. The van der Waals surface area contributed by atoms with E-state index in [1.165, 1.54) is 42.5 Å². The van der Waals surface area contributed by atoms with Gasteiger partial charge in [-0.25, -0.2) is 13.2 Å². The molecule has 0 aliphatic heterocycles. The molecule has 0 radical (unpaired) electrons. The molecule has 0 aliphatic carbocycles. The van der Waals surface area contributed by atoms with E-state index in [2.05, 4.69) is 5.32 Å². The first-order valence-electron chi connectivity index (χ1n) is 16.3. The molecule has 16 heteroatoms. The smallest absolute Gasteiger partial charge is 0.332 e. The Labute approximate surface area is 301 Å². The highest BCUT2D eigenvalue weighted by Crippen LogP contribution is 2.26. The van der Waals surface area contributed by atoms with Crippen LogP contribution in [0.1, 0.15) is 44.9 Å². The summed E-state index contributed by atoms with van der Waals surface area (Å²) < 4.78 is 31.0. The van der Waals surface area contributed by atoms with E-state index in [0.29, 0.717) is 5.56 Å². The number of halogens is 1. The van der Waals surface area contributed by atoms with Crippen LogP contribution in [0.15, 0.2) is 88.7 Å². The summed E-state index contributed by atoms with van der Waals surface area (Å²) in [5.41, 5.74) is 6.43. The quantitative estimate of drug-likeness (QED) is 0.0738. The van der Waals surface area contributed by atoms with Crippen LogP contribution >= 0.6 is 11.6 Å². The number of non-ortho nitro benzene ring substituents is 1. The average molecular weight is 743 g/mol. The van der Waals surface area contributed by atoms with E-state index >= 15 is 0 Å². The van der Waals surface area contributed by atoms with Crippen LogP contribution in [0.25, 0.3) is 0 Å². The number of anilines is 1. The number of amides is 1. The van der Waals surface area contributed by atoms with Gasteiger partial charge in [0.2, 0.25) is 21.8 Å².